The monoisotopic (exact) mass is 201 g/mol. The van der Waals surface area contributed by atoms with E-state index in [1.165, 1.54) is 11.1 Å². The second-order valence-corrected chi connectivity index (χ2v) is 4.74. The van der Waals surface area contributed by atoms with Crippen LogP contribution in [0.15, 0.2) is 18.2 Å². The highest BCUT2D eigenvalue weighted by Crippen LogP contribution is 2.24. The molecule has 0 heterocycles. The lowest BCUT2D eigenvalue weighted by Crippen LogP contribution is -2.03. The molecule has 80 valence electrons. The van der Waals surface area contributed by atoms with Gasteiger partial charge in [0.25, 0.3) is 0 Å². The topological polar surface area (TPSA) is 23.8 Å². The Morgan fingerprint density at radius 3 is 2.33 bits per heavy atom. The minimum absolute atomic E-state index is 0.493. The van der Waals surface area contributed by atoms with Crippen molar-refractivity contribution < 1.29 is 0 Å². The van der Waals surface area contributed by atoms with Gasteiger partial charge in [0.05, 0.1) is 11.6 Å². The molecule has 1 rings (SSSR count). The van der Waals surface area contributed by atoms with Gasteiger partial charge in [-0.05, 0) is 35.4 Å². The maximum atomic E-state index is 9.09. The number of hydrogen-bond acceptors (Lipinski definition) is 1. The van der Waals surface area contributed by atoms with Gasteiger partial charge >= 0.3 is 0 Å². The normalized spacial score (nSPS) is 10.7. The summed E-state index contributed by atoms with van der Waals surface area (Å²) < 4.78 is 0. The molecule has 0 aromatic heterocycles. The van der Waals surface area contributed by atoms with Crippen molar-refractivity contribution in [1.82, 2.24) is 0 Å². The van der Waals surface area contributed by atoms with Crippen molar-refractivity contribution in [3.05, 3.63) is 34.9 Å². The Bertz CT molecular complexity index is 369. The van der Waals surface area contributed by atoms with Crippen LogP contribution in [0.2, 0.25) is 0 Å². The molecule has 0 saturated carbocycles. The smallest absolute Gasteiger partial charge is 0.0994 e. The first-order valence-corrected chi connectivity index (χ1v) is 5.58. The lowest BCUT2D eigenvalue weighted by Gasteiger charge is -2.15. The van der Waals surface area contributed by atoms with Crippen molar-refractivity contribution in [3.8, 4) is 6.07 Å². The van der Waals surface area contributed by atoms with Gasteiger partial charge < -0.3 is 0 Å². The van der Waals surface area contributed by atoms with Crippen molar-refractivity contribution in [2.24, 2.45) is 5.92 Å². The van der Waals surface area contributed by atoms with Gasteiger partial charge in [-0.2, -0.15) is 5.26 Å². The summed E-state index contributed by atoms with van der Waals surface area (Å²) in [5.41, 5.74) is 3.41. The first kappa shape index (κ1) is 11.8. The highest BCUT2D eigenvalue weighted by molar-refractivity contribution is 5.44. The molecule has 0 radical (unpaired) electrons. The molecule has 1 heteroatoms. The van der Waals surface area contributed by atoms with Gasteiger partial charge in [0.2, 0.25) is 0 Å². The van der Waals surface area contributed by atoms with Gasteiger partial charge in [0.15, 0.2) is 0 Å². The number of rotatable bonds is 3. The molecular formula is C14H19N. The highest BCUT2D eigenvalue weighted by Gasteiger charge is 2.11. The fourth-order valence-corrected chi connectivity index (χ4v) is 1.89. The van der Waals surface area contributed by atoms with E-state index in [0.717, 1.165) is 12.0 Å². The van der Waals surface area contributed by atoms with Gasteiger partial charge in [0.1, 0.15) is 0 Å². The lowest BCUT2D eigenvalue weighted by atomic mass is 9.89. The van der Waals surface area contributed by atoms with Gasteiger partial charge in [-0.1, -0.05) is 39.8 Å². The molecule has 0 aliphatic rings. The van der Waals surface area contributed by atoms with Crippen molar-refractivity contribution >= 4 is 0 Å². The molecule has 0 N–H and O–H groups in total. The van der Waals surface area contributed by atoms with Crippen LogP contribution in [0.5, 0.6) is 0 Å². The fourth-order valence-electron chi connectivity index (χ4n) is 1.89. The Balaban J connectivity index is 3.22. The molecule has 0 bridgehead atoms. The minimum atomic E-state index is 0.493. The zero-order chi connectivity index (χ0) is 11.4. The van der Waals surface area contributed by atoms with E-state index < -0.39 is 0 Å². The third kappa shape index (κ3) is 2.83. The Kier molecular flexibility index (Phi) is 3.91. The molecule has 1 aromatic rings. The van der Waals surface area contributed by atoms with Crippen LogP contribution in [0.3, 0.4) is 0 Å². The van der Waals surface area contributed by atoms with Crippen LogP contribution in [0.25, 0.3) is 0 Å². The van der Waals surface area contributed by atoms with E-state index in [0.29, 0.717) is 11.8 Å². The molecule has 0 aliphatic carbocycles. The molecule has 0 aliphatic heterocycles. The van der Waals surface area contributed by atoms with E-state index >= 15 is 0 Å². The summed E-state index contributed by atoms with van der Waals surface area (Å²) in [5.74, 6) is 1.09. The summed E-state index contributed by atoms with van der Waals surface area (Å²) in [7, 11) is 0. The van der Waals surface area contributed by atoms with Crippen molar-refractivity contribution in [2.75, 3.05) is 0 Å². The molecule has 0 saturated heterocycles. The van der Waals surface area contributed by atoms with Crippen molar-refractivity contribution in [1.29, 1.82) is 5.26 Å². The standard InChI is InChI=1S/C14H19N/c1-10(2)8-14-12(9-15)6-5-7-13(14)11(3)4/h5-7,10-11H,8H2,1-4H3. The SMILES string of the molecule is CC(C)Cc1c(C#N)cccc1C(C)C. The summed E-state index contributed by atoms with van der Waals surface area (Å²) in [5, 5.41) is 9.09. The minimum Gasteiger partial charge on any atom is -0.192 e. The average molecular weight is 201 g/mol. The van der Waals surface area contributed by atoms with Gasteiger partial charge in [-0.25, -0.2) is 0 Å². The fraction of sp³-hybridized carbons (Fsp3) is 0.500. The Hall–Kier alpha value is -1.29. The summed E-state index contributed by atoms with van der Waals surface area (Å²) in [6.07, 6.45) is 0.997. The van der Waals surface area contributed by atoms with Gasteiger partial charge in [-0.3, -0.25) is 0 Å². The quantitative estimate of drug-likeness (QED) is 0.728. The van der Waals surface area contributed by atoms with E-state index in [1.54, 1.807) is 0 Å². The third-order valence-electron chi connectivity index (χ3n) is 2.57. The molecule has 0 spiro atoms. The zero-order valence-electron chi connectivity index (χ0n) is 10.0. The van der Waals surface area contributed by atoms with E-state index in [2.05, 4.69) is 39.8 Å². The average Bonchev–Trinajstić information content (AvgIpc) is 2.16. The first-order valence-electron chi connectivity index (χ1n) is 5.58. The second kappa shape index (κ2) is 4.98. The van der Waals surface area contributed by atoms with Crippen LogP contribution < -0.4 is 0 Å². The molecule has 0 atom stereocenters. The van der Waals surface area contributed by atoms with E-state index in [9.17, 15) is 0 Å². The number of nitrogens with zero attached hydrogens (tertiary/aromatic N) is 1. The largest absolute Gasteiger partial charge is 0.192 e. The Morgan fingerprint density at radius 1 is 1.20 bits per heavy atom. The van der Waals surface area contributed by atoms with Gasteiger partial charge in [-0.15, -0.1) is 0 Å². The molecule has 1 aromatic carbocycles. The van der Waals surface area contributed by atoms with Crippen LogP contribution in [0, 0.1) is 17.2 Å². The highest BCUT2D eigenvalue weighted by atomic mass is 14.3. The van der Waals surface area contributed by atoms with Crippen LogP contribution >= 0.6 is 0 Å². The molecule has 0 amide bonds. The molecule has 0 unspecified atom stereocenters. The maximum absolute atomic E-state index is 9.09. The van der Waals surface area contributed by atoms with E-state index in [-0.39, 0.29) is 0 Å². The summed E-state index contributed by atoms with van der Waals surface area (Å²) >= 11 is 0. The van der Waals surface area contributed by atoms with Crippen LogP contribution in [-0.4, -0.2) is 0 Å². The predicted octanol–water partition coefficient (Wildman–Crippen LogP) is 3.88. The predicted molar refractivity (Wildman–Crippen MR) is 63.8 cm³/mol. The number of hydrogen-bond donors (Lipinski definition) is 0. The maximum Gasteiger partial charge on any atom is 0.0994 e. The van der Waals surface area contributed by atoms with E-state index in [4.69, 9.17) is 5.26 Å². The van der Waals surface area contributed by atoms with Crippen LogP contribution in [0.1, 0.15) is 50.3 Å². The molecule has 1 nitrogen and oxygen atoms in total. The Morgan fingerprint density at radius 2 is 1.87 bits per heavy atom. The second-order valence-electron chi connectivity index (χ2n) is 4.74. The lowest BCUT2D eigenvalue weighted by molar-refractivity contribution is 0.637. The van der Waals surface area contributed by atoms with Crippen LogP contribution in [-0.2, 0) is 6.42 Å². The zero-order valence-corrected chi connectivity index (χ0v) is 10.0. The summed E-state index contributed by atoms with van der Waals surface area (Å²) in [6, 6.07) is 8.34. The molecule has 15 heavy (non-hydrogen) atoms. The van der Waals surface area contributed by atoms with Crippen molar-refractivity contribution in [3.63, 3.8) is 0 Å². The molecular weight excluding hydrogens is 182 g/mol. The summed E-state index contributed by atoms with van der Waals surface area (Å²) in [6.45, 7) is 8.75. The van der Waals surface area contributed by atoms with Gasteiger partial charge in [0, 0.05) is 0 Å². The van der Waals surface area contributed by atoms with E-state index in [1.807, 2.05) is 12.1 Å². The number of benzene rings is 1. The van der Waals surface area contributed by atoms with Crippen LogP contribution in [0.4, 0.5) is 0 Å². The number of nitriles is 1. The first-order chi connectivity index (χ1) is 7.06. The van der Waals surface area contributed by atoms with Crippen molar-refractivity contribution in [2.45, 2.75) is 40.0 Å². The third-order valence-corrected chi connectivity index (χ3v) is 2.57. The Labute approximate surface area is 92.7 Å². The molecule has 0 fully saturated rings. The summed E-state index contributed by atoms with van der Waals surface area (Å²) in [4.78, 5) is 0.